The van der Waals surface area contributed by atoms with Crippen LogP contribution in [0, 0.1) is 0 Å². The Balaban J connectivity index is 1.25. The highest BCUT2D eigenvalue weighted by atomic mass is 16.5. The van der Waals surface area contributed by atoms with E-state index in [0.29, 0.717) is 75.1 Å². The second kappa shape index (κ2) is 12.1. The third kappa shape index (κ3) is 6.22. The third-order valence-electron chi connectivity index (χ3n) is 7.36. The van der Waals surface area contributed by atoms with Crippen molar-refractivity contribution in [1.29, 1.82) is 0 Å². The molecule has 2 amide bonds. The van der Waals surface area contributed by atoms with Crippen molar-refractivity contribution in [3.8, 4) is 17.1 Å². The third-order valence-corrected chi connectivity index (χ3v) is 7.36. The zero-order chi connectivity index (χ0) is 28.1. The number of nitrogens with one attached hydrogen (secondary N) is 2. The van der Waals surface area contributed by atoms with Crippen LogP contribution < -0.4 is 20.3 Å². The summed E-state index contributed by atoms with van der Waals surface area (Å²) < 4.78 is 5.34. The predicted octanol–water partition coefficient (Wildman–Crippen LogP) is 3.11. The Bertz CT molecular complexity index is 1390. The first-order chi connectivity index (χ1) is 19.4. The van der Waals surface area contributed by atoms with Crippen molar-refractivity contribution in [2.45, 2.75) is 25.7 Å². The zero-order valence-electron chi connectivity index (χ0n) is 22.9. The van der Waals surface area contributed by atoms with Gasteiger partial charge in [-0.2, -0.15) is 0 Å². The minimum absolute atomic E-state index is 0.0566. The molecule has 2 aliphatic rings. The maximum atomic E-state index is 13.3. The number of amides is 2. The molecule has 2 heterocycles. The van der Waals surface area contributed by atoms with Gasteiger partial charge in [-0.05, 0) is 23.8 Å². The quantitative estimate of drug-likeness (QED) is 0.396. The lowest BCUT2D eigenvalue weighted by atomic mass is 9.96. The van der Waals surface area contributed by atoms with E-state index >= 15 is 0 Å². The SMILES string of the molecule is COc1ccc2c(c1)C(CC(=O)N1CCN(c3cc(NCCNC(C)=O)nc(-c4ccccc4)n3)CC1)CC2=O. The van der Waals surface area contributed by atoms with E-state index in [9.17, 15) is 14.4 Å². The Morgan fingerprint density at radius 2 is 1.77 bits per heavy atom. The van der Waals surface area contributed by atoms with Gasteiger partial charge in [0.1, 0.15) is 17.4 Å². The minimum Gasteiger partial charge on any atom is -0.497 e. The lowest BCUT2D eigenvalue weighted by Gasteiger charge is -2.36. The number of fused-ring (bicyclic) bond motifs is 1. The summed E-state index contributed by atoms with van der Waals surface area (Å²) in [4.78, 5) is 50.5. The lowest BCUT2D eigenvalue weighted by Crippen LogP contribution is -2.49. The van der Waals surface area contributed by atoms with Crippen LogP contribution in [0.5, 0.6) is 5.75 Å². The molecular weight excluding hydrogens is 508 g/mol. The molecule has 1 aliphatic carbocycles. The van der Waals surface area contributed by atoms with Gasteiger partial charge in [-0.25, -0.2) is 9.97 Å². The monoisotopic (exact) mass is 542 g/mol. The fraction of sp³-hybridized carbons (Fsp3) is 0.367. The number of nitrogens with zero attached hydrogens (tertiary/aromatic N) is 4. The van der Waals surface area contributed by atoms with E-state index in [-0.39, 0.29) is 23.5 Å². The highest BCUT2D eigenvalue weighted by Crippen LogP contribution is 2.38. The molecule has 0 spiro atoms. The van der Waals surface area contributed by atoms with Crippen LogP contribution >= 0.6 is 0 Å². The van der Waals surface area contributed by atoms with Gasteiger partial charge in [-0.15, -0.1) is 0 Å². The van der Waals surface area contributed by atoms with Gasteiger partial charge in [0.25, 0.3) is 0 Å². The summed E-state index contributed by atoms with van der Waals surface area (Å²) in [5.74, 6) is 2.70. The number of hydrogen-bond donors (Lipinski definition) is 2. The first kappa shape index (κ1) is 27.1. The van der Waals surface area contributed by atoms with E-state index in [1.54, 1.807) is 19.2 Å². The highest BCUT2D eigenvalue weighted by molar-refractivity contribution is 6.02. The van der Waals surface area contributed by atoms with Crippen molar-refractivity contribution in [3.63, 3.8) is 0 Å². The van der Waals surface area contributed by atoms with Crippen LogP contribution in [0.3, 0.4) is 0 Å². The number of Topliss-reactive ketones (excluding diaryl/α,β-unsaturated/α-hetero) is 1. The van der Waals surface area contributed by atoms with Crippen molar-refractivity contribution in [2.75, 3.05) is 56.6 Å². The maximum absolute atomic E-state index is 13.3. The molecule has 10 nitrogen and oxygen atoms in total. The first-order valence-electron chi connectivity index (χ1n) is 13.6. The zero-order valence-corrected chi connectivity index (χ0v) is 22.9. The number of anilines is 2. The molecule has 0 radical (unpaired) electrons. The fourth-order valence-electron chi connectivity index (χ4n) is 5.24. The van der Waals surface area contributed by atoms with Gasteiger partial charge in [0.2, 0.25) is 11.8 Å². The molecule has 1 unspecified atom stereocenters. The summed E-state index contributed by atoms with van der Waals surface area (Å²) >= 11 is 0. The molecule has 2 aromatic carbocycles. The van der Waals surface area contributed by atoms with E-state index in [4.69, 9.17) is 9.72 Å². The Kier molecular flexibility index (Phi) is 8.23. The normalized spacial score (nSPS) is 16.4. The standard InChI is InChI=1S/C30H34N6O4/c1-20(37)31-10-11-32-27-19-28(34-30(33-27)21-6-4-3-5-7-21)35-12-14-36(15-13-35)29(39)17-22-16-26(38)24-9-8-23(40-2)18-25(22)24/h3-9,18-19,22H,10-17H2,1-2H3,(H,31,37)(H,32,33,34). The average Bonchev–Trinajstić information content (AvgIpc) is 3.29. The second-order valence-corrected chi connectivity index (χ2v) is 10.1. The molecule has 10 heteroatoms. The topological polar surface area (TPSA) is 117 Å². The Morgan fingerprint density at radius 1 is 1.00 bits per heavy atom. The van der Waals surface area contributed by atoms with Crippen LogP contribution in [-0.4, -0.2) is 78.8 Å². The number of carbonyl (C=O) groups is 3. The molecule has 2 N–H and O–H groups in total. The Hall–Kier alpha value is -4.47. The van der Waals surface area contributed by atoms with E-state index in [2.05, 4.69) is 20.5 Å². The average molecular weight is 543 g/mol. The van der Waals surface area contributed by atoms with E-state index in [0.717, 1.165) is 16.9 Å². The second-order valence-electron chi connectivity index (χ2n) is 10.1. The summed E-state index contributed by atoms with van der Waals surface area (Å²) in [6.45, 7) is 4.92. The van der Waals surface area contributed by atoms with Gasteiger partial charge in [-0.1, -0.05) is 30.3 Å². The largest absolute Gasteiger partial charge is 0.497 e. The number of carbonyl (C=O) groups excluding carboxylic acids is 3. The van der Waals surface area contributed by atoms with E-state index in [1.807, 2.05) is 47.4 Å². The molecule has 0 bridgehead atoms. The predicted molar refractivity (Wildman–Crippen MR) is 153 cm³/mol. The van der Waals surface area contributed by atoms with Crippen LogP contribution in [0.25, 0.3) is 11.4 Å². The van der Waals surface area contributed by atoms with Crippen molar-refractivity contribution in [2.24, 2.45) is 0 Å². The molecule has 40 heavy (non-hydrogen) atoms. The summed E-state index contributed by atoms with van der Waals surface area (Å²) in [6.07, 6.45) is 0.662. The summed E-state index contributed by atoms with van der Waals surface area (Å²) in [5, 5.41) is 6.06. The fourth-order valence-corrected chi connectivity index (χ4v) is 5.24. The van der Waals surface area contributed by atoms with Gasteiger partial charge >= 0.3 is 0 Å². The number of hydrogen-bond acceptors (Lipinski definition) is 8. The first-order valence-corrected chi connectivity index (χ1v) is 13.6. The number of piperazine rings is 1. The number of rotatable bonds is 9. The number of benzene rings is 2. The molecule has 3 aromatic rings. The molecular formula is C30H34N6O4. The van der Waals surface area contributed by atoms with Crippen LogP contribution in [0.4, 0.5) is 11.6 Å². The summed E-state index contributed by atoms with van der Waals surface area (Å²) in [7, 11) is 1.60. The molecule has 0 saturated carbocycles. The molecule has 1 fully saturated rings. The lowest BCUT2D eigenvalue weighted by molar-refractivity contribution is -0.131. The smallest absolute Gasteiger partial charge is 0.223 e. The molecule has 1 saturated heterocycles. The molecule has 1 aromatic heterocycles. The van der Waals surface area contributed by atoms with Gasteiger partial charge in [0.15, 0.2) is 11.6 Å². The minimum atomic E-state index is -0.121. The maximum Gasteiger partial charge on any atom is 0.223 e. The van der Waals surface area contributed by atoms with Gasteiger partial charge in [0, 0.05) is 82.1 Å². The molecule has 208 valence electrons. The van der Waals surface area contributed by atoms with Gasteiger partial charge in [0.05, 0.1) is 7.11 Å². The van der Waals surface area contributed by atoms with E-state index < -0.39 is 0 Å². The Labute approximate surface area is 233 Å². The number of ketones is 1. The molecule has 1 aliphatic heterocycles. The summed E-state index contributed by atoms with van der Waals surface area (Å²) in [5.41, 5.74) is 2.51. The van der Waals surface area contributed by atoms with Crippen molar-refractivity contribution >= 4 is 29.2 Å². The van der Waals surface area contributed by atoms with Crippen molar-refractivity contribution in [1.82, 2.24) is 20.2 Å². The van der Waals surface area contributed by atoms with Gasteiger partial charge in [-0.3, -0.25) is 14.4 Å². The molecule has 1 atom stereocenters. The van der Waals surface area contributed by atoms with Crippen LogP contribution in [0.15, 0.2) is 54.6 Å². The summed E-state index contributed by atoms with van der Waals surface area (Å²) in [6, 6.07) is 17.2. The highest BCUT2D eigenvalue weighted by Gasteiger charge is 2.33. The number of ether oxygens (including phenoxy) is 1. The van der Waals surface area contributed by atoms with Crippen LogP contribution in [-0.2, 0) is 9.59 Å². The van der Waals surface area contributed by atoms with Crippen molar-refractivity contribution in [3.05, 3.63) is 65.7 Å². The molecule has 5 rings (SSSR count). The van der Waals surface area contributed by atoms with E-state index in [1.165, 1.54) is 6.92 Å². The van der Waals surface area contributed by atoms with Crippen molar-refractivity contribution < 1.29 is 19.1 Å². The number of aromatic nitrogens is 2. The van der Waals surface area contributed by atoms with Crippen LogP contribution in [0.2, 0.25) is 0 Å². The van der Waals surface area contributed by atoms with Gasteiger partial charge < -0.3 is 25.2 Å². The van der Waals surface area contributed by atoms with Crippen LogP contribution in [0.1, 0.15) is 41.6 Å². The Morgan fingerprint density at radius 3 is 2.50 bits per heavy atom. The number of methoxy groups -OCH3 is 1.